The molecule has 1 saturated heterocycles. The number of anilines is 1. The first kappa shape index (κ1) is 21.9. The molecule has 1 fully saturated rings. The van der Waals surface area contributed by atoms with Crippen molar-refractivity contribution in [3.63, 3.8) is 0 Å². The molecule has 0 aromatic carbocycles. The van der Waals surface area contributed by atoms with Crippen LogP contribution in [0.5, 0.6) is 0 Å². The number of carbonyl (C=O) groups excluding carboxylic acids is 1. The Balaban J connectivity index is 1.71. The van der Waals surface area contributed by atoms with Crippen molar-refractivity contribution >= 4 is 21.7 Å². The summed E-state index contributed by atoms with van der Waals surface area (Å²) in [6.07, 6.45) is 6.33. The zero-order valence-corrected chi connectivity index (χ0v) is 19.4. The zero-order chi connectivity index (χ0) is 22.3. The van der Waals surface area contributed by atoms with Crippen molar-refractivity contribution in [1.29, 1.82) is 0 Å². The third-order valence-corrected chi connectivity index (χ3v) is 7.83. The Bertz CT molecular complexity index is 1090. The Kier molecular flexibility index (Phi) is 5.87. The van der Waals surface area contributed by atoms with E-state index in [1.807, 2.05) is 6.92 Å². The van der Waals surface area contributed by atoms with E-state index in [0.717, 1.165) is 24.1 Å². The molecule has 2 aliphatic heterocycles. The molecule has 0 saturated carbocycles. The Morgan fingerprint density at radius 1 is 1.23 bits per heavy atom. The van der Waals surface area contributed by atoms with Gasteiger partial charge in [-0.05, 0) is 38.5 Å². The number of carbonyl (C=O) groups is 1. The summed E-state index contributed by atoms with van der Waals surface area (Å²) in [5.74, 6) is 1.66. The maximum absolute atomic E-state index is 13.2. The number of sulfonamides is 1. The summed E-state index contributed by atoms with van der Waals surface area (Å²) in [6.45, 7) is 7.20. The minimum Gasteiger partial charge on any atom is -0.339 e. The number of fused-ring (bicyclic) bond motifs is 1. The molecule has 0 spiro atoms. The molecule has 31 heavy (non-hydrogen) atoms. The third-order valence-electron chi connectivity index (χ3n) is 6.04. The summed E-state index contributed by atoms with van der Waals surface area (Å²) in [6, 6.07) is -0.458. The van der Waals surface area contributed by atoms with Crippen LogP contribution in [0, 0.1) is 12.8 Å². The highest BCUT2D eigenvalue weighted by atomic mass is 32.2. The van der Waals surface area contributed by atoms with Gasteiger partial charge in [0.1, 0.15) is 11.6 Å². The second-order valence-corrected chi connectivity index (χ2v) is 10.7. The first-order chi connectivity index (χ1) is 14.7. The number of hydrogen-bond donors (Lipinski definition) is 0. The molecule has 1 atom stereocenters. The highest BCUT2D eigenvalue weighted by Gasteiger charge is 2.40. The molecule has 2 aromatic rings. The van der Waals surface area contributed by atoms with E-state index in [0.29, 0.717) is 49.9 Å². The first-order valence-corrected chi connectivity index (χ1v) is 12.3. The molecule has 0 bridgehead atoms. The predicted octanol–water partition coefficient (Wildman–Crippen LogP) is 2.37. The van der Waals surface area contributed by atoms with Gasteiger partial charge in [0.25, 0.3) is 10.0 Å². The number of hydrogen-bond acceptors (Lipinski definition) is 6. The van der Waals surface area contributed by atoms with Crippen LogP contribution in [0.1, 0.15) is 62.7 Å². The van der Waals surface area contributed by atoms with Crippen LogP contribution in [-0.4, -0.2) is 51.2 Å². The second kappa shape index (κ2) is 8.31. The standard InChI is InChI=1S/C21H30N6O3S/c1-14(2)9-11-26-19(28)8-7-16-15(3)23-20(24-21(16)26)17-6-5-10-27(17)31(29,30)18-12-25(4)13-22-18/h12-14,17H,5-11H2,1-4H3. The van der Waals surface area contributed by atoms with Gasteiger partial charge in [0.15, 0.2) is 5.03 Å². The summed E-state index contributed by atoms with van der Waals surface area (Å²) in [4.78, 5) is 28.0. The smallest absolute Gasteiger partial charge is 0.262 e. The monoisotopic (exact) mass is 446 g/mol. The van der Waals surface area contributed by atoms with Gasteiger partial charge in [-0.1, -0.05) is 13.8 Å². The Labute approximate surface area is 183 Å². The van der Waals surface area contributed by atoms with Crippen molar-refractivity contribution in [2.45, 2.75) is 63.9 Å². The van der Waals surface area contributed by atoms with E-state index in [9.17, 15) is 13.2 Å². The number of rotatable bonds is 6. The maximum Gasteiger partial charge on any atom is 0.262 e. The van der Waals surface area contributed by atoms with Gasteiger partial charge in [-0.2, -0.15) is 4.31 Å². The molecule has 9 nitrogen and oxygen atoms in total. The summed E-state index contributed by atoms with van der Waals surface area (Å²) >= 11 is 0. The highest BCUT2D eigenvalue weighted by molar-refractivity contribution is 7.89. The molecule has 1 unspecified atom stereocenters. The molecule has 0 aliphatic carbocycles. The van der Waals surface area contributed by atoms with E-state index in [-0.39, 0.29) is 10.9 Å². The van der Waals surface area contributed by atoms with Crippen LogP contribution in [-0.2, 0) is 28.3 Å². The number of aryl methyl sites for hydroxylation is 2. The highest BCUT2D eigenvalue weighted by Crippen LogP contribution is 2.37. The van der Waals surface area contributed by atoms with Gasteiger partial charge in [-0.3, -0.25) is 9.69 Å². The summed E-state index contributed by atoms with van der Waals surface area (Å²) in [7, 11) is -2.01. The van der Waals surface area contributed by atoms with Crippen molar-refractivity contribution in [3.8, 4) is 0 Å². The van der Waals surface area contributed by atoms with Crippen molar-refractivity contribution in [2.75, 3.05) is 18.0 Å². The minimum atomic E-state index is -3.75. The molecule has 168 valence electrons. The summed E-state index contributed by atoms with van der Waals surface area (Å²) < 4.78 is 29.5. The van der Waals surface area contributed by atoms with Crippen LogP contribution in [0.2, 0.25) is 0 Å². The second-order valence-electron chi connectivity index (χ2n) is 8.85. The third kappa shape index (κ3) is 4.10. The molecule has 0 radical (unpaired) electrons. The molecule has 2 aliphatic rings. The topological polar surface area (TPSA) is 101 Å². The fraction of sp³-hybridized carbons (Fsp3) is 0.619. The van der Waals surface area contributed by atoms with Crippen molar-refractivity contribution in [1.82, 2.24) is 23.8 Å². The fourth-order valence-electron chi connectivity index (χ4n) is 4.30. The van der Waals surface area contributed by atoms with Gasteiger partial charge in [0.05, 0.1) is 12.4 Å². The molecular weight excluding hydrogens is 416 g/mol. The summed E-state index contributed by atoms with van der Waals surface area (Å²) in [5, 5.41) is 0.0327. The number of imidazole rings is 1. The van der Waals surface area contributed by atoms with Crippen molar-refractivity contribution in [2.24, 2.45) is 13.0 Å². The van der Waals surface area contributed by atoms with E-state index < -0.39 is 16.1 Å². The maximum atomic E-state index is 13.2. The van der Waals surface area contributed by atoms with Crippen LogP contribution in [0.15, 0.2) is 17.6 Å². The molecule has 10 heteroatoms. The average molecular weight is 447 g/mol. The zero-order valence-electron chi connectivity index (χ0n) is 18.6. The minimum absolute atomic E-state index is 0.0327. The molecule has 4 heterocycles. The van der Waals surface area contributed by atoms with Crippen LogP contribution in [0.4, 0.5) is 5.82 Å². The lowest BCUT2D eigenvalue weighted by Crippen LogP contribution is -2.38. The largest absolute Gasteiger partial charge is 0.339 e. The molecule has 0 N–H and O–H groups in total. The van der Waals surface area contributed by atoms with Crippen LogP contribution in [0.25, 0.3) is 0 Å². The number of amides is 1. The molecule has 1 amide bonds. The van der Waals surface area contributed by atoms with Crippen LogP contribution < -0.4 is 4.90 Å². The van der Waals surface area contributed by atoms with Crippen molar-refractivity contribution < 1.29 is 13.2 Å². The van der Waals surface area contributed by atoms with Crippen LogP contribution in [0.3, 0.4) is 0 Å². The van der Waals surface area contributed by atoms with E-state index in [2.05, 4.69) is 18.8 Å². The van der Waals surface area contributed by atoms with Crippen molar-refractivity contribution in [3.05, 3.63) is 29.6 Å². The predicted molar refractivity (Wildman–Crippen MR) is 116 cm³/mol. The first-order valence-electron chi connectivity index (χ1n) is 10.9. The van der Waals surface area contributed by atoms with Gasteiger partial charge in [-0.25, -0.2) is 23.4 Å². The lowest BCUT2D eigenvalue weighted by Gasteiger charge is -2.31. The average Bonchev–Trinajstić information content (AvgIpc) is 3.36. The van der Waals surface area contributed by atoms with E-state index in [4.69, 9.17) is 9.97 Å². The summed E-state index contributed by atoms with van der Waals surface area (Å²) in [5.41, 5.74) is 1.81. The Morgan fingerprint density at radius 3 is 2.68 bits per heavy atom. The lowest BCUT2D eigenvalue weighted by atomic mass is 10.0. The SMILES string of the molecule is Cc1nc(C2CCCN2S(=O)(=O)c2cn(C)cn2)nc2c1CCC(=O)N2CCC(C)C. The van der Waals surface area contributed by atoms with Gasteiger partial charge >= 0.3 is 0 Å². The lowest BCUT2D eigenvalue weighted by molar-refractivity contribution is -0.119. The van der Waals surface area contributed by atoms with Gasteiger partial charge in [0.2, 0.25) is 5.91 Å². The van der Waals surface area contributed by atoms with Gasteiger partial charge in [0, 0.05) is 44.0 Å². The Morgan fingerprint density at radius 2 is 2.00 bits per heavy atom. The van der Waals surface area contributed by atoms with E-state index in [1.165, 1.54) is 16.8 Å². The van der Waals surface area contributed by atoms with Gasteiger partial charge < -0.3 is 4.57 Å². The molecule has 4 rings (SSSR count). The number of nitrogens with zero attached hydrogens (tertiary/aromatic N) is 6. The van der Waals surface area contributed by atoms with E-state index in [1.54, 1.807) is 16.5 Å². The van der Waals surface area contributed by atoms with Crippen LogP contribution >= 0.6 is 0 Å². The number of aromatic nitrogens is 4. The normalized spacial score (nSPS) is 20.0. The van der Waals surface area contributed by atoms with E-state index >= 15 is 0 Å². The fourth-order valence-corrected chi connectivity index (χ4v) is 5.92. The molecule has 2 aromatic heterocycles. The Hall–Kier alpha value is -2.33. The van der Waals surface area contributed by atoms with Gasteiger partial charge in [-0.15, -0.1) is 0 Å². The quantitative estimate of drug-likeness (QED) is 0.675. The molecular formula is C21H30N6O3S.